The van der Waals surface area contributed by atoms with Gasteiger partial charge in [-0.25, -0.2) is 0 Å². The van der Waals surface area contributed by atoms with Gasteiger partial charge >= 0.3 is 0 Å². The summed E-state index contributed by atoms with van der Waals surface area (Å²) in [5, 5.41) is 2.08. The Morgan fingerprint density at radius 1 is 1.42 bits per heavy atom. The molecule has 1 aliphatic heterocycles. The summed E-state index contributed by atoms with van der Waals surface area (Å²) in [7, 11) is 0. The van der Waals surface area contributed by atoms with Gasteiger partial charge in [0, 0.05) is 22.0 Å². The van der Waals surface area contributed by atoms with Crippen molar-refractivity contribution < 1.29 is 4.79 Å². The van der Waals surface area contributed by atoms with Crippen LogP contribution in [0.1, 0.15) is 35.4 Å². The first-order valence-electron chi connectivity index (χ1n) is 6.77. The zero-order valence-electron chi connectivity index (χ0n) is 10.8. The van der Waals surface area contributed by atoms with Crippen molar-refractivity contribution >= 4 is 38.0 Å². The van der Waals surface area contributed by atoms with Crippen LogP contribution in [0.3, 0.4) is 0 Å². The van der Waals surface area contributed by atoms with Crippen LogP contribution in [0.25, 0.3) is 9.40 Å². The number of hydrogen-bond donors (Lipinski definition) is 1. The van der Waals surface area contributed by atoms with Crippen molar-refractivity contribution in [2.45, 2.75) is 31.7 Å². The van der Waals surface area contributed by atoms with E-state index >= 15 is 0 Å². The van der Waals surface area contributed by atoms with E-state index in [9.17, 15) is 4.79 Å². The van der Waals surface area contributed by atoms with Crippen LogP contribution >= 0.6 is 22.7 Å². The van der Waals surface area contributed by atoms with Crippen molar-refractivity contribution in [2.75, 3.05) is 13.1 Å². The molecule has 1 aliphatic rings. The molecule has 2 N–H and O–H groups in total. The molecule has 1 saturated heterocycles. The molecule has 5 heteroatoms. The lowest BCUT2D eigenvalue weighted by molar-refractivity contribution is 0.0610. The summed E-state index contributed by atoms with van der Waals surface area (Å²) in [5.41, 5.74) is 5.67. The molecular formula is C14H18N2OS2. The maximum absolute atomic E-state index is 12.7. The molecule has 3 heterocycles. The highest BCUT2D eigenvalue weighted by molar-refractivity contribution is 7.27. The van der Waals surface area contributed by atoms with E-state index in [0.29, 0.717) is 12.6 Å². The number of likely N-dealkylation sites (tertiary alicyclic amines) is 1. The Labute approximate surface area is 121 Å². The van der Waals surface area contributed by atoms with Crippen LogP contribution in [0.2, 0.25) is 0 Å². The zero-order valence-corrected chi connectivity index (χ0v) is 12.4. The highest BCUT2D eigenvalue weighted by Crippen LogP contribution is 2.32. The number of nitrogens with zero attached hydrogens (tertiary/aromatic N) is 1. The summed E-state index contributed by atoms with van der Waals surface area (Å²) in [6, 6.07) is 4.47. The lowest BCUT2D eigenvalue weighted by atomic mass is 9.99. The Kier molecular flexibility index (Phi) is 3.86. The third-order valence-corrected chi connectivity index (χ3v) is 5.82. The fraction of sp³-hybridized carbons (Fsp3) is 0.500. The fourth-order valence-corrected chi connectivity index (χ4v) is 4.84. The number of hydrogen-bond acceptors (Lipinski definition) is 4. The van der Waals surface area contributed by atoms with Crippen molar-refractivity contribution in [3.05, 3.63) is 22.4 Å². The quantitative estimate of drug-likeness (QED) is 0.944. The van der Waals surface area contributed by atoms with Crippen molar-refractivity contribution in [3.63, 3.8) is 0 Å². The summed E-state index contributed by atoms with van der Waals surface area (Å²) >= 11 is 3.32. The zero-order chi connectivity index (χ0) is 13.2. The number of nitrogens with two attached hydrogens (primary N) is 1. The molecule has 1 amide bonds. The number of carbonyl (C=O) groups excluding carboxylic acids is 1. The Hall–Kier alpha value is -0.910. The maximum Gasteiger partial charge on any atom is 0.264 e. The Morgan fingerprint density at radius 3 is 3.11 bits per heavy atom. The van der Waals surface area contributed by atoms with Crippen molar-refractivity contribution in [1.82, 2.24) is 4.90 Å². The summed E-state index contributed by atoms with van der Waals surface area (Å²) in [5.74, 6) is 0.201. The first-order chi connectivity index (χ1) is 9.29. The van der Waals surface area contributed by atoms with Crippen LogP contribution in [-0.2, 0) is 0 Å². The second-order valence-electron chi connectivity index (χ2n) is 4.99. The van der Waals surface area contributed by atoms with Gasteiger partial charge in [-0.05, 0) is 49.7 Å². The molecule has 2 aromatic rings. The predicted octanol–water partition coefficient (Wildman–Crippen LogP) is 3.31. The molecule has 1 fully saturated rings. The molecule has 0 bridgehead atoms. The molecule has 1 unspecified atom stereocenters. The van der Waals surface area contributed by atoms with Gasteiger partial charge in [-0.15, -0.1) is 22.7 Å². The van der Waals surface area contributed by atoms with E-state index in [4.69, 9.17) is 5.73 Å². The number of carbonyl (C=O) groups is 1. The maximum atomic E-state index is 12.7. The monoisotopic (exact) mass is 294 g/mol. The molecule has 3 nitrogen and oxygen atoms in total. The largest absolute Gasteiger partial charge is 0.335 e. The molecular weight excluding hydrogens is 276 g/mol. The van der Waals surface area contributed by atoms with Crippen LogP contribution in [0.5, 0.6) is 0 Å². The molecule has 0 radical (unpaired) electrons. The number of amides is 1. The molecule has 102 valence electrons. The van der Waals surface area contributed by atoms with Gasteiger partial charge in [0.1, 0.15) is 0 Å². The first kappa shape index (κ1) is 13.1. The Balaban J connectivity index is 1.83. The first-order valence-corrected chi connectivity index (χ1v) is 8.47. The number of rotatable bonds is 3. The summed E-state index contributed by atoms with van der Waals surface area (Å²) < 4.78 is 2.45. The molecule has 0 saturated carbocycles. The minimum atomic E-state index is 0.201. The predicted molar refractivity (Wildman–Crippen MR) is 82.0 cm³/mol. The van der Waals surface area contributed by atoms with Gasteiger partial charge in [0.15, 0.2) is 0 Å². The van der Waals surface area contributed by atoms with Gasteiger partial charge in [0.25, 0.3) is 5.91 Å². The summed E-state index contributed by atoms with van der Waals surface area (Å²) in [6.07, 6.45) is 4.36. The van der Waals surface area contributed by atoms with Crippen LogP contribution in [0.15, 0.2) is 17.5 Å². The highest BCUT2D eigenvalue weighted by atomic mass is 32.1. The van der Waals surface area contributed by atoms with E-state index in [2.05, 4.69) is 11.4 Å². The van der Waals surface area contributed by atoms with Gasteiger partial charge in [0.2, 0.25) is 0 Å². The molecule has 19 heavy (non-hydrogen) atoms. The summed E-state index contributed by atoms with van der Waals surface area (Å²) in [6.45, 7) is 1.54. The Morgan fingerprint density at radius 2 is 2.32 bits per heavy atom. The van der Waals surface area contributed by atoms with E-state index in [-0.39, 0.29) is 5.91 Å². The number of thiophene rings is 2. The lowest BCUT2D eigenvalue weighted by Crippen LogP contribution is -2.44. The van der Waals surface area contributed by atoms with E-state index in [1.54, 1.807) is 22.7 Å². The molecule has 0 aliphatic carbocycles. The van der Waals surface area contributed by atoms with Gasteiger partial charge in [-0.3, -0.25) is 4.79 Å². The third-order valence-electron chi connectivity index (χ3n) is 3.74. The minimum absolute atomic E-state index is 0.201. The van der Waals surface area contributed by atoms with E-state index in [1.807, 2.05) is 11.0 Å². The average Bonchev–Trinajstić information content (AvgIpc) is 2.99. The fourth-order valence-electron chi connectivity index (χ4n) is 2.77. The van der Waals surface area contributed by atoms with E-state index in [0.717, 1.165) is 30.7 Å². The van der Waals surface area contributed by atoms with Crippen LogP contribution in [0, 0.1) is 0 Å². The molecule has 1 atom stereocenters. The van der Waals surface area contributed by atoms with Gasteiger partial charge in [-0.1, -0.05) is 0 Å². The van der Waals surface area contributed by atoms with E-state index in [1.165, 1.54) is 15.8 Å². The van der Waals surface area contributed by atoms with Crippen LogP contribution < -0.4 is 5.73 Å². The topological polar surface area (TPSA) is 46.3 Å². The molecule has 3 rings (SSSR count). The van der Waals surface area contributed by atoms with Crippen LogP contribution in [0.4, 0.5) is 0 Å². The standard InChI is InChI=1S/C14H18N2OS2/c15-6-4-10-3-1-2-7-16(10)14(17)13-9-12-11(19-13)5-8-18-12/h5,8-10H,1-4,6-7,15H2. The van der Waals surface area contributed by atoms with Crippen molar-refractivity contribution in [2.24, 2.45) is 5.73 Å². The number of piperidine rings is 1. The van der Waals surface area contributed by atoms with Crippen molar-refractivity contribution in [1.29, 1.82) is 0 Å². The highest BCUT2D eigenvalue weighted by Gasteiger charge is 2.27. The second kappa shape index (κ2) is 5.61. The normalized spacial score (nSPS) is 20.1. The summed E-state index contributed by atoms with van der Waals surface area (Å²) in [4.78, 5) is 15.6. The van der Waals surface area contributed by atoms with E-state index < -0.39 is 0 Å². The van der Waals surface area contributed by atoms with Gasteiger partial charge in [-0.2, -0.15) is 0 Å². The lowest BCUT2D eigenvalue weighted by Gasteiger charge is -2.35. The smallest absolute Gasteiger partial charge is 0.264 e. The number of fused-ring (bicyclic) bond motifs is 1. The van der Waals surface area contributed by atoms with Crippen molar-refractivity contribution in [3.8, 4) is 0 Å². The Bertz CT molecular complexity index is 544. The SMILES string of the molecule is NCCC1CCCCN1C(=O)c1cc2sccc2s1. The second-order valence-corrected chi connectivity index (χ2v) is 7.02. The van der Waals surface area contributed by atoms with Gasteiger partial charge in [0.05, 0.1) is 4.88 Å². The van der Waals surface area contributed by atoms with Crippen LogP contribution in [-0.4, -0.2) is 29.9 Å². The van der Waals surface area contributed by atoms with Gasteiger partial charge < -0.3 is 10.6 Å². The third kappa shape index (κ3) is 2.55. The average molecular weight is 294 g/mol. The molecule has 0 aromatic carbocycles. The molecule has 2 aromatic heterocycles. The molecule has 0 spiro atoms. The minimum Gasteiger partial charge on any atom is -0.335 e.